The first-order chi connectivity index (χ1) is 5.86. The largest absolute Gasteiger partial charge is 0.369 e. The van der Waals surface area contributed by atoms with E-state index in [1.54, 1.807) is 0 Å². The van der Waals surface area contributed by atoms with E-state index in [1.165, 1.54) is 0 Å². The first-order valence-corrected chi connectivity index (χ1v) is 4.43. The van der Waals surface area contributed by atoms with Gasteiger partial charge in [-0.1, -0.05) is 13.3 Å². The molecule has 1 aromatic rings. The third kappa shape index (κ3) is 2.49. The summed E-state index contributed by atoms with van der Waals surface area (Å²) in [5, 5.41) is 11.2. The van der Waals surface area contributed by atoms with Crippen LogP contribution >= 0.6 is 0 Å². The zero-order chi connectivity index (χ0) is 8.81. The fraction of sp³-hybridized carbons (Fsp3) is 0.556. The number of nitrogens with zero attached hydrogens (tertiary/aromatic N) is 2. The average molecular weight is 165 g/mol. The van der Waals surface area contributed by atoms with Gasteiger partial charge in [0.05, 0.1) is 5.69 Å². The predicted octanol–water partition coefficient (Wildman–Crippen LogP) is 1.86. The van der Waals surface area contributed by atoms with E-state index < -0.39 is 0 Å². The van der Waals surface area contributed by atoms with Crippen molar-refractivity contribution >= 4 is 5.82 Å². The lowest BCUT2D eigenvalue weighted by atomic mass is 10.2. The van der Waals surface area contributed by atoms with E-state index in [0.717, 1.165) is 30.9 Å². The second-order valence-electron chi connectivity index (χ2n) is 2.69. The molecule has 1 N–H and O–H groups in total. The summed E-state index contributed by atoms with van der Waals surface area (Å²) in [6.07, 6.45) is 2.13. The zero-order valence-corrected chi connectivity index (χ0v) is 7.67. The van der Waals surface area contributed by atoms with Crippen LogP contribution in [0.2, 0.25) is 0 Å². The highest BCUT2D eigenvalue weighted by atomic mass is 15.2. The van der Waals surface area contributed by atoms with Crippen molar-refractivity contribution in [3.05, 3.63) is 17.8 Å². The highest BCUT2D eigenvalue weighted by Gasteiger charge is 1.94. The molecule has 3 nitrogen and oxygen atoms in total. The van der Waals surface area contributed by atoms with Crippen molar-refractivity contribution in [2.75, 3.05) is 11.9 Å². The fourth-order valence-corrected chi connectivity index (χ4v) is 1.02. The SMILES string of the molecule is CCCc1ccc(NCC)nn1. The summed E-state index contributed by atoms with van der Waals surface area (Å²) in [6, 6.07) is 4.00. The predicted molar refractivity (Wildman–Crippen MR) is 50.2 cm³/mol. The molecule has 0 fully saturated rings. The Morgan fingerprint density at radius 1 is 1.25 bits per heavy atom. The lowest BCUT2D eigenvalue weighted by molar-refractivity contribution is 0.838. The van der Waals surface area contributed by atoms with Crippen molar-refractivity contribution < 1.29 is 0 Å². The Balaban J connectivity index is 2.58. The Labute approximate surface area is 73.2 Å². The van der Waals surface area contributed by atoms with Gasteiger partial charge in [-0.05, 0) is 25.5 Å². The molecule has 0 atom stereocenters. The molecule has 0 aliphatic carbocycles. The van der Waals surface area contributed by atoms with Crippen LogP contribution in [0.25, 0.3) is 0 Å². The number of hydrogen-bond acceptors (Lipinski definition) is 3. The summed E-state index contributed by atoms with van der Waals surface area (Å²) in [6.45, 7) is 5.07. The Hall–Kier alpha value is -1.12. The number of nitrogens with one attached hydrogen (secondary N) is 1. The maximum absolute atomic E-state index is 4.07. The fourth-order valence-electron chi connectivity index (χ4n) is 1.02. The second kappa shape index (κ2) is 4.70. The van der Waals surface area contributed by atoms with E-state index in [-0.39, 0.29) is 0 Å². The van der Waals surface area contributed by atoms with E-state index >= 15 is 0 Å². The van der Waals surface area contributed by atoms with Crippen molar-refractivity contribution in [3.8, 4) is 0 Å². The molecule has 0 radical (unpaired) electrons. The van der Waals surface area contributed by atoms with Crippen LogP contribution in [0.4, 0.5) is 5.82 Å². The second-order valence-corrected chi connectivity index (χ2v) is 2.69. The number of aromatic nitrogens is 2. The standard InChI is InChI=1S/C9H15N3/c1-3-5-8-6-7-9(10-4-2)12-11-8/h6-7H,3-5H2,1-2H3,(H,10,12). The molecular formula is C9H15N3. The minimum Gasteiger partial charge on any atom is -0.369 e. The van der Waals surface area contributed by atoms with E-state index in [4.69, 9.17) is 0 Å². The average Bonchev–Trinajstić information content (AvgIpc) is 2.09. The molecule has 12 heavy (non-hydrogen) atoms. The van der Waals surface area contributed by atoms with Crippen molar-refractivity contribution in [2.45, 2.75) is 26.7 Å². The Morgan fingerprint density at radius 3 is 2.58 bits per heavy atom. The molecule has 0 amide bonds. The van der Waals surface area contributed by atoms with E-state index in [0.29, 0.717) is 0 Å². The molecule has 0 aliphatic rings. The Bertz CT molecular complexity index is 193. The summed E-state index contributed by atoms with van der Waals surface area (Å²) < 4.78 is 0. The van der Waals surface area contributed by atoms with Gasteiger partial charge in [-0.3, -0.25) is 0 Å². The summed E-state index contributed by atoms with van der Waals surface area (Å²) >= 11 is 0. The molecule has 1 aromatic heterocycles. The molecule has 0 aromatic carbocycles. The number of anilines is 1. The highest BCUT2D eigenvalue weighted by molar-refractivity contribution is 5.32. The van der Waals surface area contributed by atoms with Crippen molar-refractivity contribution in [2.24, 2.45) is 0 Å². The smallest absolute Gasteiger partial charge is 0.148 e. The van der Waals surface area contributed by atoms with Gasteiger partial charge in [-0.2, -0.15) is 5.10 Å². The maximum Gasteiger partial charge on any atom is 0.148 e. The first-order valence-electron chi connectivity index (χ1n) is 4.43. The summed E-state index contributed by atoms with van der Waals surface area (Å²) in [7, 11) is 0. The number of aryl methyl sites for hydroxylation is 1. The molecular weight excluding hydrogens is 150 g/mol. The quantitative estimate of drug-likeness (QED) is 0.740. The minimum absolute atomic E-state index is 0.859. The van der Waals surface area contributed by atoms with Crippen LogP contribution in [0.15, 0.2) is 12.1 Å². The van der Waals surface area contributed by atoms with E-state index in [2.05, 4.69) is 22.4 Å². The topological polar surface area (TPSA) is 37.8 Å². The zero-order valence-electron chi connectivity index (χ0n) is 7.67. The first kappa shape index (κ1) is 8.97. The van der Waals surface area contributed by atoms with Crippen LogP contribution in [0.1, 0.15) is 26.0 Å². The highest BCUT2D eigenvalue weighted by Crippen LogP contribution is 2.02. The molecule has 66 valence electrons. The Kier molecular flexibility index (Phi) is 3.51. The van der Waals surface area contributed by atoms with Gasteiger partial charge in [0.2, 0.25) is 0 Å². The minimum atomic E-state index is 0.859. The molecule has 0 spiro atoms. The molecule has 1 rings (SSSR count). The molecule has 3 heteroatoms. The number of rotatable bonds is 4. The van der Waals surface area contributed by atoms with Crippen LogP contribution in [0.3, 0.4) is 0 Å². The van der Waals surface area contributed by atoms with Crippen LogP contribution in [-0.4, -0.2) is 16.7 Å². The summed E-state index contributed by atoms with van der Waals surface area (Å²) in [5.74, 6) is 0.859. The van der Waals surface area contributed by atoms with Crippen LogP contribution in [-0.2, 0) is 6.42 Å². The van der Waals surface area contributed by atoms with Crippen LogP contribution in [0, 0.1) is 0 Å². The van der Waals surface area contributed by atoms with Crippen molar-refractivity contribution in [3.63, 3.8) is 0 Å². The van der Waals surface area contributed by atoms with Gasteiger partial charge in [-0.15, -0.1) is 5.10 Å². The van der Waals surface area contributed by atoms with Gasteiger partial charge < -0.3 is 5.32 Å². The van der Waals surface area contributed by atoms with Crippen LogP contribution in [0.5, 0.6) is 0 Å². The van der Waals surface area contributed by atoms with Gasteiger partial charge in [0.15, 0.2) is 0 Å². The van der Waals surface area contributed by atoms with E-state index in [1.807, 2.05) is 19.1 Å². The summed E-state index contributed by atoms with van der Waals surface area (Å²) in [5.41, 5.74) is 1.07. The molecule has 0 saturated heterocycles. The summed E-state index contributed by atoms with van der Waals surface area (Å²) in [4.78, 5) is 0. The van der Waals surface area contributed by atoms with Crippen molar-refractivity contribution in [1.29, 1.82) is 0 Å². The molecule has 0 unspecified atom stereocenters. The maximum atomic E-state index is 4.07. The molecule has 1 heterocycles. The number of hydrogen-bond donors (Lipinski definition) is 1. The van der Waals surface area contributed by atoms with E-state index in [9.17, 15) is 0 Å². The van der Waals surface area contributed by atoms with Crippen LogP contribution < -0.4 is 5.32 Å². The molecule has 0 bridgehead atoms. The molecule has 0 aliphatic heterocycles. The van der Waals surface area contributed by atoms with Gasteiger partial charge in [-0.25, -0.2) is 0 Å². The third-order valence-electron chi connectivity index (χ3n) is 1.58. The third-order valence-corrected chi connectivity index (χ3v) is 1.58. The Morgan fingerprint density at radius 2 is 2.08 bits per heavy atom. The molecule has 0 saturated carbocycles. The monoisotopic (exact) mass is 165 g/mol. The van der Waals surface area contributed by atoms with Gasteiger partial charge >= 0.3 is 0 Å². The lowest BCUT2D eigenvalue weighted by Crippen LogP contribution is -2.01. The van der Waals surface area contributed by atoms with Gasteiger partial charge in [0, 0.05) is 6.54 Å². The lowest BCUT2D eigenvalue weighted by Gasteiger charge is -2.01. The van der Waals surface area contributed by atoms with Crippen molar-refractivity contribution in [1.82, 2.24) is 10.2 Å². The van der Waals surface area contributed by atoms with Gasteiger partial charge in [0.1, 0.15) is 5.82 Å². The normalized spacial score (nSPS) is 9.83. The van der Waals surface area contributed by atoms with Gasteiger partial charge in [0.25, 0.3) is 0 Å².